The number of aromatic nitrogens is 2. The van der Waals surface area contributed by atoms with Gasteiger partial charge in [-0.3, -0.25) is 4.79 Å². The molecular weight excluding hydrogens is 374 g/mol. The molecule has 0 aliphatic rings. The van der Waals surface area contributed by atoms with E-state index in [1.807, 2.05) is 49.4 Å². The van der Waals surface area contributed by atoms with Gasteiger partial charge >= 0.3 is 0 Å². The number of fused-ring (bicyclic) bond motifs is 1. The molecule has 142 valence electrons. The highest BCUT2D eigenvalue weighted by molar-refractivity contribution is 7.09. The molecule has 0 aliphatic heterocycles. The molecule has 6 N–H and O–H groups in total. The van der Waals surface area contributed by atoms with Crippen molar-refractivity contribution in [3.05, 3.63) is 72.1 Å². The number of rotatable bonds is 2. The second-order valence-corrected chi connectivity index (χ2v) is 6.69. The van der Waals surface area contributed by atoms with Crippen LogP contribution in [0.1, 0.15) is 16.2 Å². The number of benzene rings is 3. The van der Waals surface area contributed by atoms with E-state index in [0.717, 1.165) is 16.6 Å². The SMILES string of the molecule is Cc1nsc(N)n1.Nc1c(O)c(C(=O)Nc2ccccc2)cc2ccccc12. The van der Waals surface area contributed by atoms with Crippen molar-refractivity contribution in [2.45, 2.75) is 6.92 Å². The summed E-state index contributed by atoms with van der Waals surface area (Å²) in [6, 6.07) is 18.1. The van der Waals surface area contributed by atoms with Gasteiger partial charge < -0.3 is 21.9 Å². The lowest BCUT2D eigenvalue weighted by atomic mass is 10.0. The molecule has 0 saturated heterocycles. The number of aromatic hydroxyl groups is 1. The van der Waals surface area contributed by atoms with Crippen molar-refractivity contribution in [3.63, 3.8) is 0 Å². The normalized spacial score (nSPS) is 10.2. The lowest BCUT2D eigenvalue weighted by molar-refractivity contribution is 0.102. The zero-order valence-corrected chi connectivity index (χ0v) is 15.9. The van der Waals surface area contributed by atoms with E-state index >= 15 is 0 Å². The van der Waals surface area contributed by atoms with Gasteiger partial charge in [0.25, 0.3) is 5.91 Å². The molecule has 0 spiro atoms. The number of phenols is 1. The molecule has 0 atom stereocenters. The Hall–Kier alpha value is -3.65. The van der Waals surface area contributed by atoms with Crippen LogP contribution < -0.4 is 16.8 Å². The maximum absolute atomic E-state index is 12.3. The minimum absolute atomic E-state index is 0.162. The zero-order valence-electron chi connectivity index (χ0n) is 15.1. The highest BCUT2D eigenvalue weighted by Crippen LogP contribution is 2.33. The van der Waals surface area contributed by atoms with Crippen LogP contribution in [0.15, 0.2) is 60.7 Å². The molecule has 4 rings (SSSR count). The Labute approximate surface area is 165 Å². The minimum Gasteiger partial charge on any atom is -0.505 e. The standard InChI is InChI=1S/C17H14N2O2.C3H5N3S/c18-15-13-9-5-4-6-11(13)10-14(16(15)20)17(21)19-12-7-2-1-3-8-12;1-2-5-3(4)7-6-2/h1-10,20H,18H2,(H,19,21);1H3,(H2,4,5,6). The third kappa shape index (κ3) is 4.36. The molecule has 3 aromatic carbocycles. The molecule has 1 aromatic heterocycles. The Morgan fingerprint density at radius 2 is 1.75 bits per heavy atom. The smallest absolute Gasteiger partial charge is 0.259 e. The van der Waals surface area contributed by atoms with E-state index in [0.29, 0.717) is 10.8 Å². The Bertz CT molecular complexity index is 1100. The molecule has 1 amide bonds. The van der Waals surface area contributed by atoms with Crippen molar-refractivity contribution < 1.29 is 9.90 Å². The molecule has 1 heterocycles. The first-order valence-corrected chi connectivity index (χ1v) is 9.15. The van der Waals surface area contributed by atoms with Gasteiger partial charge in [0, 0.05) is 22.6 Å². The summed E-state index contributed by atoms with van der Waals surface area (Å²) in [4.78, 5) is 16.1. The van der Waals surface area contributed by atoms with Crippen LogP contribution in [0.2, 0.25) is 0 Å². The number of hydrogen-bond acceptors (Lipinski definition) is 7. The van der Waals surface area contributed by atoms with E-state index in [-0.39, 0.29) is 17.0 Å². The van der Waals surface area contributed by atoms with Crippen molar-refractivity contribution >= 4 is 44.7 Å². The van der Waals surface area contributed by atoms with Gasteiger partial charge in [-0.1, -0.05) is 42.5 Å². The summed E-state index contributed by atoms with van der Waals surface area (Å²) in [6.45, 7) is 1.81. The number of aryl methyl sites for hydroxylation is 1. The summed E-state index contributed by atoms with van der Waals surface area (Å²) < 4.78 is 3.82. The average Bonchev–Trinajstić information content (AvgIpc) is 3.08. The van der Waals surface area contributed by atoms with Gasteiger partial charge in [0.05, 0.1) is 11.3 Å². The predicted octanol–water partition coefficient (Wildman–Crippen LogP) is 3.81. The van der Waals surface area contributed by atoms with Crippen LogP contribution in [0, 0.1) is 6.92 Å². The first kappa shape index (κ1) is 19.1. The number of carbonyl (C=O) groups excluding carboxylic acids is 1. The molecule has 0 bridgehead atoms. The van der Waals surface area contributed by atoms with Crippen molar-refractivity contribution in [2.75, 3.05) is 16.8 Å². The topological polar surface area (TPSA) is 127 Å². The van der Waals surface area contributed by atoms with Crippen LogP contribution in [0.4, 0.5) is 16.5 Å². The summed E-state index contributed by atoms with van der Waals surface area (Å²) in [6.07, 6.45) is 0. The average molecular weight is 393 g/mol. The second-order valence-electron chi connectivity index (χ2n) is 5.91. The maximum Gasteiger partial charge on any atom is 0.259 e. The lowest BCUT2D eigenvalue weighted by Gasteiger charge is -2.11. The minimum atomic E-state index is -0.392. The molecule has 4 aromatic rings. The molecule has 7 nitrogen and oxygen atoms in total. The molecule has 0 fully saturated rings. The summed E-state index contributed by atoms with van der Waals surface area (Å²) >= 11 is 1.22. The number of nitrogen functional groups attached to an aromatic ring is 2. The summed E-state index contributed by atoms with van der Waals surface area (Å²) in [7, 11) is 0. The fourth-order valence-electron chi connectivity index (χ4n) is 2.57. The third-order valence-corrected chi connectivity index (χ3v) is 4.51. The van der Waals surface area contributed by atoms with Gasteiger partial charge in [0.2, 0.25) is 0 Å². The number of hydrogen-bond donors (Lipinski definition) is 4. The van der Waals surface area contributed by atoms with Gasteiger partial charge in [-0.15, -0.1) is 0 Å². The summed E-state index contributed by atoms with van der Waals surface area (Å²) in [5.74, 6) is 0.167. The predicted molar refractivity (Wildman–Crippen MR) is 113 cm³/mol. The Kier molecular flexibility index (Phi) is 5.71. The Balaban J connectivity index is 0.000000271. The van der Waals surface area contributed by atoms with E-state index in [1.165, 1.54) is 11.5 Å². The molecule has 8 heteroatoms. The van der Waals surface area contributed by atoms with E-state index in [1.54, 1.807) is 18.2 Å². The number of carbonyl (C=O) groups is 1. The monoisotopic (exact) mass is 393 g/mol. The number of nitrogens with zero attached hydrogens (tertiary/aromatic N) is 2. The number of amides is 1. The molecule has 28 heavy (non-hydrogen) atoms. The van der Waals surface area contributed by atoms with Gasteiger partial charge in [-0.25, -0.2) is 4.98 Å². The number of anilines is 3. The number of nitrogens with one attached hydrogen (secondary N) is 1. The Morgan fingerprint density at radius 3 is 2.36 bits per heavy atom. The first-order valence-electron chi connectivity index (χ1n) is 8.38. The maximum atomic E-state index is 12.3. The fraction of sp³-hybridized carbons (Fsp3) is 0.0500. The number of nitrogens with two attached hydrogens (primary N) is 2. The largest absolute Gasteiger partial charge is 0.505 e. The third-order valence-electron chi connectivity index (χ3n) is 3.88. The fourth-order valence-corrected chi connectivity index (χ4v) is 3.01. The van der Waals surface area contributed by atoms with Crippen molar-refractivity contribution in [1.82, 2.24) is 9.36 Å². The molecule has 0 unspecified atom stereocenters. The quantitative estimate of drug-likeness (QED) is 0.303. The van der Waals surface area contributed by atoms with Gasteiger partial charge in [-0.2, -0.15) is 4.37 Å². The van der Waals surface area contributed by atoms with Crippen LogP contribution in [0.25, 0.3) is 10.8 Å². The van der Waals surface area contributed by atoms with Gasteiger partial charge in [0.1, 0.15) is 5.82 Å². The van der Waals surface area contributed by atoms with Crippen molar-refractivity contribution in [2.24, 2.45) is 0 Å². The molecular formula is C20H19N5O2S. The van der Waals surface area contributed by atoms with Crippen LogP contribution in [-0.4, -0.2) is 20.4 Å². The van der Waals surface area contributed by atoms with E-state index in [2.05, 4.69) is 14.7 Å². The first-order chi connectivity index (χ1) is 13.5. The van der Waals surface area contributed by atoms with Crippen molar-refractivity contribution in [1.29, 1.82) is 0 Å². The summed E-state index contributed by atoms with van der Waals surface area (Å²) in [5.41, 5.74) is 12.2. The van der Waals surface area contributed by atoms with Crippen LogP contribution >= 0.6 is 11.5 Å². The van der Waals surface area contributed by atoms with Crippen LogP contribution in [-0.2, 0) is 0 Å². The van der Waals surface area contributed by atoms with Gasteiger partial charge in [-0.05, 0) is 30.5 Å². The highest BCUT2D eigenvalue weighted by Gasteiger charge is 2.16. The van der Waals surface area contributed by atoms with Crippen LogP contribution in [0.3, 0.4) is 0 Å². The lowest BCUT2D eigenvalue weighted by Crippen LogP contribution is -2.12. The molecule has 0 aliphatic carbocycles. The van der Waals surface area contributed by atoms with Crippen molar-refractivity contribution in [3.8, 4) is 5.75 Å². The highest BCUT2D eigenvalue weighted by atomic mass is 32.1. The van der Waals surface area contributed by atoms with E-state index in [4.69, 9.17) is 11.5 Å². The van der Waals surface area contributed by atoms with Crippen LogP contribution in [0.5, 0.6) is 5.75 Å². The Morgan fingerprint density at radius 1 is 1.07 bits per heavy atom. The number of para-hydroxylation sites is 1. The van der Waals surface area contributed by atoms with E-state index in [9.17, 15) is 9.90 Å². The van der Waals surface area contributed by atoms with Gasteiger partial charge in [0.15, 0.2) is 10.9 Å². The second kappa shape index (κ2) is 8.36. The summed E-state index contributed by atoms with van der Waals surface area (Å²) in [5, 5.41) is 15.0. The zero-order chi connectivity index (χ0) is 20.1. The number of phenolic OH excluding ortho intramolecular Hbond substituents is 1. The molecule has 0 saturated carbocycles. The molecule has 0 radical (unpaired) electrons. The van der Waals surface area contributed by atoms with E-state index < -0.39 is 5.91 Å².